The molecule has 4 heterocycles. The van der Waals surface area contributed by atoms with Crippen molar-refractivity contribution < 1.29 is 27.1 Å². The molecule has 0 radical (unpaired) electrons. The number of hydroxylamine groups is 1. The average molecular weight is 683 g/mol. The van der Waals surface area contributed by atoms with Crippen molar-refractivity contribution in [2.45, 2.75) is 44.7 Å². The fraction of sp³-hybridized carbons (Fsp3) is 0.457. The van der Waals surface area contributed by atoms with Gasteiger partial charge in [0, 0.05) is 73.8 Å². The summed E-state index contributed by atoms with van der Waals surface area (Å²) in [5.41, 5.74) is 1.94. The molecule has 2 saturated heterocycles. The lowest BCUT2D eigenvalue weighted by molar-refractivity contribution is 0.0974. The van der Waals surface area contributed by atoms with E-state index in [1.54, 1.807) is 26.4 Å². The lowest BCUT2D eigenvalue weighted by Crippen LogP contribution is -2.47. The zero-order valence-electron chi connectivity index (χ0n) is 28.4. The Morgan fingerprint density at radius 1 is 1.06 bits per heavy atom. The lowest BCUT2D eigenvalue weighted by atomic mass is 9.93. The molecule has 2 aliphatic heterocycles. The molecule has 2 fully saturated rings. The lowest BCUT2D eigenvalue weighted by Gasteiger charge is -2.40. The number of piperidine rings is 1. The van der Waals surface area contributed by atoms with Crippen LogP contribution in [0.25, 0.3) is 11.1 Å². The summed E-state index contributed by atoms with van der Waals surface area (Å²) in [5.74, 6) is -0.821. The summed E-state index contributed by atoms with van der Waals surface area (Å²) in [7, 11) is 5.19. The summed E-state index contributed by atoms with van der Waals surface area (Å²) in [4.78, 5) is 18.8. The van der Waals surface area contributed by atoms with Gasteiger partial charge in [-0.2, -0.15) is 4.39 Å². The quantitative estimate of drug-likeness (QED) is 0.171. The largest absolute Gasteiger partial charge is 0.494 e. The molecular weight excluding hydrogens is 640 g/mol. The first kappa shape index (κ1) is 34.4. The Hall–Kier alpha value is -4.43. The smallest absolute Gasteiger partial charge is 0.240 e. The number of hydrogen-bond donors (Lipinski definition) is 1. The van der Waals surface area contributed by atoms with Gasteiger partial charge in [-0.3, -0.25) is 14.4 Å². The maximum atomic E-state index is 15.3. The summed E-state index contributed by atoms with van der Waals surface area (Å²) in [6, 6.07) is 8.83. The van der Waals surface area contributed by atoms with Crippen LogP contribution < -0.4 is 20.0 Å². The highest BCUT2D eigenvalue weighted by Crippen LogP contribution is 2.43. The standard InChI is InChI=1S/C35H42F4N8O2/c1-35(2,20-36)44(3)18-22-9-12-46(13-10-22)29-16-30(48-5)27(15-24(29)25-19-45(4)43-34(25)39)42-31-17-32(41-21-40-31)47-28(11-14-49-47)23-7-6-8-26(37)33(23)38/h6-8,15-17,19,21-22,28H,9-14,18,20H2,1-5H3,(H,40,41,42)/t28-/m1/s1. The second-order valence-corrected chi connectivity index (χ2v) is 13.3. The summed E-state index contributed by atoms with van der Waals surface area (Å²) < 4.78 is 64.9. The minimum atomic E-state index is -0.930. The van der Waals surface area contributed by atoms with Gasteiger partial charge in [0.25, 0.3) is 0 Å². The number of methoxy groups -OCH3 is 1. The van der Waals surface area contributed by atoms with Crippen LogP contribution in [0.1, 0.15) is 44.7 Å². The van der Waals surface area contributed by atoms with Gasteiger partial charge >= 0.3 is 0 Å². The number of ether oxygens (including phenoxy) is 1. The molecule has 4 aromatic rings. The number of nitrogens with zero attached hydrogens (tertiary/aromatic N) is 7. The maximum Gasteiger partial charge on any atom is 0.240 e. The molecule has 10 nitrogen and oxygen atoms in total. The Morgan fingerprint density at radius 2 is 1.84 bits per heavy atom. The van der Waals surface area contributed by atoms with E-state index < -0.39 is 35.8 Å². The zero-order chi connectivity index (χ0) is 34.9. The van der Waals surface area contributed by atoms with E-state index >= 15 is 4.39 Å². The van der Waals surface area contributed by atoms with Crippen LogP contribution in [0, 0.1) is 23.5 Å². The number of nitrogens with one attached hydrogen (secondary N) is 1. The molecule has 0 aliphatic carbocycles. The van der Waals surface area contributed by atoms with E-state index in [1.807, 2.05) is 33.0 Å². The number of rotatable bonds is 11. The van der Waals surface area contributed by atoms with Crippen molar-refractivity contribution in [3.05, 3.63) is 72.1 Å². The van der Waals surface area contributed by atoms with Crippen molar-refractivity contribution >= 4 is 23.0 Å². The van der Waals surface area contributed by atoms with Gasteiger partial charge in [-0.25, -0.2) is 28.2 Å². The molecule has 1 atom stereocenters. The number of hydrogen-bond acceptors (Lipinski definition) is 9. The van der Waals surface area contributed by atoms with Crippen LogP contribution in [-0.2, 0) is 11.9 Å². The van der Waals surface area contributed by atoms with E-state index in [2.05, 4.69) is 30.2 Å². The van der Waals surface area contributed by atoms with Crippen LogP contribution in [0.15, 0.2) is 48.9 Å². The fourth-order valence-corrected chi connectivity index (χ4v) is 6.48. The van der Waals surface area contributed by atoms with Crippen LogP contribution in [0.2, 0.25) is 0 Å². The van der Waals surface area contributed by atoms with Crippen molar-refractivity contribution in [2.24, 2.45) is 13.0 Å². The molecule has 2 aromatic carbocycles. The van der Waals surface area contributed by atoms with E-state index in [0.29, 0.717) is 53.1 Å². The highest BCUT2D eigenvalue weighted by molar-refractivity contribution is 5.86. The topological polar surface area (TPSA) is 83.8 Å². The average Bonchev–Trinajstić information content (AvgIpc) is 3.72. The first-order chi connectivity index (χ1) is 23.5. The number of alkyl halides is 1. The Labute approximate surface area is 283 Å². The Bertz CT molecular complexity index is 1780. The Kier molecular flexibility index (Phi) is 9.98. The first-order valence-electron chi connectivity index (χ1n) is 16.4. The van der Waals surface area contributed by atoms with Gasteiger partial charge in [-0.1, -0.05) is 12.1 Å². The van der Waals surface area contributed by atoms with Gasteiger partial charge in [0.2, 0.25) is 5.95 Å². The van der Waals surface area contributed by atoms with Gasteiger partial charge in [0.1, 0.15) is 24.6 Å². The number of aryl methyl sites for hydroxylation is 1. The molecule has 2 aliphatic rings. The molecule has 0 spiro atoms. The van der Waals surface area contributed by atoms with Crippen LogP contribution in [0.5, 0.6) is 5.75 Å². The maximum absolute atomic E-state index is 15.3. The number of halogens is 4. The van der Waals surface area contributed by atoms with Gasteiger partial charge in [-0.05, 0) is 51.8 Å². The minimum absolute atomic E-state index is 0.172. The molecule has 0 amide bonds. The van der Waals surface area contributed by atoms with Crippen molar-refractivity contribution in [2.75, 3.05) is 62.4 Å². The normalized spacial score (nSPS) is 17.3. The zero-order valence-corrected chi connectivity index (χ0v) is 28.4. The number of anilines is 4. The monoisotopic (exact) mass is 682 g/mol. The first-order valence-corrected chi connectivity index (χ1v) is 16.4. The second-order valence-electron chi connectivity index (χ2n) is 13.3. The Morgan fingerprint density at radius 3 is 2.53 bits per heavy atom. The third kappa shape index (κ3) is 7.16. The summed E-state index contributed by atoms with van der Waals surface area (Å²) >= 11 is 0. The van der Waals surface area contributed by atoms with Gasteiger partial charge < -0.3 is 15.0 Å². The molecule has 14 heteroatoms. The predicted molar refractivity (Wildman–Crippen MR) is 180 cm³/mol. The van der Waals surface area contributed by atoms with E-state index in [4.69, 9.17) is 9.57 Å². The van der Waals surface area contributed by atoms with Crippen LogP contribution in [-0.4, -0.2) is 77.3 Å². The second kappa shape index (κ2) is 14.2. The number of aromatic nitrogens is 4. The highest BCUT2D eigenvalue weighted by atomic mass is 19.2. The summed E-state index contributed by atoms with van der Waals surface area (Å²) in [6.07, 6.45) is 5.22. The Balaban J connectivity index is 1.28. The third-order valence-electron chi connectivity index (χ3n) is 9.63. The fourth-order valence-electron chi connectivity index (χ4n) is 6.48. The van der Waals surface area contributed by atoms with Crippen LogP contribution in [0.3, 0.4) is 0 Å². The third-order valence-corrected chi connectivity index (χ3v) is 9.63. The van der Waals surface area contributed by atoms with Crippen LogP contribution >= 0.6 is 0 Å². The predicted octanol–water partition coefficient (Wildman–Crippen LogP) is 6.83. The number of benzene rings is 2. The summed E-state index contributed by atoms with van der Waals surface area (Å²) in [5, 5.41) is 8.70. The van der Waals surface area contributed by atoms with E-state index in [1.165, 1.54) is 28.2 Å². The van der Waals surface area contributed by atoms with Crippen LogP contribution in [0.4, 0.5) is 40.6 Å². The molecule has 49 heavy (non-hydrogen) atoms. The van der Waals surface area contributed by atoms with E-state index in [9.17, 15) is 13.2 Å². The van der Waals surface area contributed by atoms with Gasteiger partial charge in [0.05, 0.1) is 31.0 Å². The molecular formula is C35H42F4N8O2. The molecule has 2 aromatic heterocycles. The van der Waals surface area contributed by atoms with Crippen molar-refractivity contribution in [3.8, 4) is 16.9 Å². The molecule has 0 bridgehead atoms. The molecule has 0 saturated carbocycles. The molecule has 262 valence electrons. The van der Waals surface area contributed by atoms with E-state index in [0.717, 1.165) is 44.2 Å². The molecule has 6 rings (SSSR count). The minimum Gasteiger partial charge on any atom is -0.494 e. The highest BCUT2D eigenvalue weighted by Gasteiger charge is 2.33. The molecule has 0 unspecified atom stereocenters. The SMILES string of the molecule is COc1cc(N2CCC(CN(C)C(C)(C)CF)CC2)c(-c2cn(C)nc2F)cc1Nc1cc(N2OCC[C@@H]2c2cccc(F)c2F)ncn1. The van der Waals surface area contributed by atoms with Crippen molar-refractivity contribution in [1.29, 1.82) is 0 Å². The molecule has 1 N–H and O–H groups in total. The van der Waals surface area contributed by atoms with Crippen molar-refractivity contribution in [3.63, 3.8) is 0 Å². The summed E-state index contributed by atoms with van der Waals surface area (Å²) in [6.45, 7) is 5.96. The van der Waals surface area contributed by atoms with E-state index in [-0.39, 0.29) is 5.56 Å². The van der Waals surface area contributed by atoms with Gasteiger partial charge in [0.15, 0.2) is 17.5 Å². The van der Waals surface area contributed by atoms with Crippen molar-refractivity contribution in [1.82, 2.24) is 24.6 Å². The van der Waals surface area contributed by atoms with Gasteiger partial charge in [-0.15, -0.1) is 5.10 Å².